The minimum Gasteiger partial charge on any atom is -0.382 e. The van der Waals surface area contributed by atoms with Crippen LogP contribution in [0.2, 0.25) is 0 Å². The summed E-state index contributed by atoms with van der Waals surface area (Å²) in [5.74, 6) is 0. The molecule has 1 atom stereocenters. The molecule has 1 rings (SSSR count). The molecule has 1 aliphatic rings. The van der Waals surface area contributed by atoms with Crippen molar-refractivity contribution in [1.82, 2.24) is 4.72 Å². The van der Waals surface area contributed by atoms with E-state index in [4.69, 9.17) is 19.3 Å². The van der Waals surface area contributed by atoms with Crippen LogP contribution in [0.25, 0.3) is 0 Å². The molecular weight excluding hydrogens is 372 g/mol. The van der Waals surface area contributed by atoms with Gasteiger partial charge in [0.05, 0.1) is 31.3 Å². The quantitative estimate of drug-likeness (QED) is 0.422. The van der Waals surface area contributed by atoms with Crippen LogP contribution in [0.5, 0.6) is 0 Å². The number of nitrogens with two attached hydrogens (primary N) is 1. The lowest BCUT2D eigenvalue weighted by atomic mass is 9.96. The molecule has 0 aliphatic heterocycles. The number of sulfonamides is 2. The maximum Gasteiger partial charge on any atom is 0.237 e. The van der Waals surface area contributed by atoms with Crippen molar-refractivity contribution in [2.45, 2.75) is 17.6 Å². The Morgan fingerprint density at radius 3 is 2.20 bits per heavy atom. The second-order valence-corrected chi connectivity index (χ2v) is 9.22. The van der Waals surface area contributed by atoms with Crippen molar-refractivity contribution in [3.8, 4) is 0 Å². The van der Waals surface area contributed by atoms with Crippen molar-refractivity contribution in [3.05, 3.63) is 23.1 Å². The number of rotatable bonds is 12. The Labute approximate surface area is 149 Å². The van der Waals surface area contributed by atoms with E-state index in [1.54, 1.807) is 7.11 Å². The van der Waals surface area contributed by atoms with E-state index < -0.39 is 24.8 Å². The number of methoxy groups -OCH3 is 1. The average Bonchev–Trinajstić information content (AvgIpc) is 2.56. The second kappa shape index (κ2) is 9.76. The lowest BCUT2D eigenvalue weighted by Crippen LogP contribution is -2.45. The number of hydrogen-bond donors (Lipinski definition) is 2. The highest BCUT2D eigenvalue weighted by Gasteiger charge is 2.41. The van der Waals surface area contributed by atoms with E-state index in [1.165, 1.54) is 25.3 Å². The number of allylic oxidation sites excluding steroid dienone is 2. The van der Waals surface area contributed by atoms with Gasteiger partial charge in [0.1, 0.15) is 4.75 Å². The first-order valence-corrected chi connectivity index (χ1v) is 10.7. The summed E-state index contributed by atoms with van der Waals surface area (Å²) in [6.45, 7) is 1.83. The molecule has 0 spiro atoms. The van der Waals surface area contributed by atoms with E-state index in [9.17, 15) is 16.8 Å². The molecule has 1 aliphatic carbocycles. The largest absolute Gasteiger partial charge is 0.382 e. The third-order valence-electron chi connectivity index (χ3n) is 3.81. The number of nitrogens with one attached hydrogen (secondary N) is 1. The fourth-order valence-corrected chi connectivity index (χ4v) is 4.17. The molecule has 1 unspecified atom stereocenters. The summed E-state index contributed by atoms with van der Waals surface area (Å²) in [5.41, 5.74) is 0. The van der Waals surface area contributed by atoms with Crippen molar-refractivity contribution < 1.29 is 31.0 Å². The molecule has 0 amide bonds. The highest BCUT2D eigenvalue weighted by molar-refractivity contribution is 7.93. The summed E-state index contributed by atoms with van der Waals surface area (Å²) >= 11 is 0. The fraction of sp³-hybridized carbons (Fsp3) is 0.714. The number of hydrogen-bond acceptors (Lipinski definition) is 7. The third-order valence-corrected chi connectivity index (χ3v) is 6.88. The topological polar surface area (TPSA) is 134 Å². The van der Waals surface area contributed by atoms with Gasteiger partial charge in [-0.2, -0.15) is 0 Å². The van der Waals surface area contributed by atoms with E-state index in [1.807, 2.05) is 0 Å². The van der Waals surface area contributed by atoms with E-state index in [2.05, 4.69) is 4.72 Å². The van der Waals surface area contributed by atoms with Crippen molar-refractivity contribution in [3.63, 3.8) is 0 Å². The van der Waals surface area contributed by atoms with Crippen molar-refractivity contribution in [1.29, 1.82) is 0 Å². The summed E-state index contributed by atoms with van der Waals surface area (Å²) in [5, 5.41) is 5.07. The van der Waals surface area contributed by atoms with Crippen LogP contribution in [-0.2, 0) is 34.3 Å². The predicted octanol–water partition coefficient (Wildman–Crippen LogP) is -0.524. The monoisotopic (exact) mass is 398 g/mol. The molecule has 0 saturated carbocycles. The first-order valence-electron chi connectivity index (χ1n) is 7.68. The SMILES string of the molecule is CNS(=O)(=O)C1(CCOCCOCCOC)C=CC(S(N)(=O)=O)=CC1. The van der Waals surface area contributed by atoms with Crippen molar-refractivity contribution in [2.24, 2.45) is 5.14 Å². The third kappa shape index (κ3) is 6.44. The Bertz CT molecular complexity index is 686. The smallest absolute Gasteiger partial charge is 0.237 e. The van der Waals surface area contributed by atoms with Crippen LogP contribution < -0.4 is 9.86 Å². The molecular formula is C14H26N2O7S2. The minimum absolute atomic E-state index is 0.00780. The Balaban J connectivity index is 2.64. The van der Waals surface area contributed by atoms with Gasteiger partial charge in [-0.3, -0.25) is 0 Å². The Hall–Kier alpha value is -0.820. The molecule has 0 bridgehead atoms. The molecule has 0 heterocycles. The Morgan fingerprint density at radius 1 is 1.12 bits per heavy atom. The van der Waals surface area contributed by atoms with Crippen molar-refractivity contribution in [2.75, 3.05) is 47.2 Å². The highest BCUT2D eigenvalue weighted by Crippen LogP contribution is 2.32. The molecule has 0 aromatic rings. The minimum atomic E-state index is -3.87. The summed E-state index contributed by atoms with van der Waals surface area (Å²) in [7, 11) is -4.68. The van der Waals surface area contributed by atoms with Crippen LogP contribution in [0.15, 0.2) is 23.1 Å². The van der Waals surface area contributed by atoms with Gasteiger partial charge in [-0.05, 0) is 26.0 Å². The molecule has 0 saturated heterocycles. The van der Waals surface area contributed by atoms with E-state index in [-0.39, 0.29) is 24.4 Å². The van der Waals surface area contributed by atoms with Gasteiger partial charge in [0.15, 0.2) is 0 Å². The standard InChI is InChI=1S/C14H26N2O7S2/c1-16-25(19,20)14(5-3-13(4-6-14)24(15,17)18)7-8-22-11-12-23-10-9-21-2/h3-5,16H,6-12H2,1-2H3,(H2,15,17,18). The van der Waals surface area contributed by atoms with Crippen LogP contribution >= 0.6 is 0 Å². The van der Waals surface area contributed by atoms with Gasteiger partial charge in [0, 0.05) is 13.7 Å². The highest BCUT2D eigenvalue weighted by atomic mass is 32.2. The molecule has 11 heteroatoms. The molecule has 25 heavy (non-hydrogen) atoms. The fourth-order valence-electron chi connectivity index (χ4n) is 2.29. The maximum absolute atomic E-state index is 12.4. The van der Waals surface area contributed by atoms with Crippen LogP contribution in [0.4, 0.5) is 0 Å². The number of ether oxygens (including phenoxy) is 3. The Morgan fingerprint density at radius 2 is 1.72 bits per heavy atom. The van der Waals surface area contributed by atoms with Crippen LogP contribution in [0.1, 0.15) is 12.8 Å². The molecule has 9 nitrogen and oxygen atoms in total. The Kier molecular flexibility index (Phi) is 8.68. The van der Waals surface area contributed by atoms with Gasteiger partial charge in [0.25, 0.3) is 0 Å². The second-order valence-electron chi connectivity index (χ2n) is 5.43. The summed E-state index contributed by atoms with van der Waals surface area (Å²) in [6.07, 6.45) is 4.06. The van der Waals surface area contributed by atoms with Gasteiger partial charge in [-0.25, -0.2) is 26.7 Å². The van der Waals surface area contributed by atoms with Crippen molar-refractivity contribution >= 4 is 20.0 Å². The van der Waals surface area contributed by atoms with E-state index in [0.717, 1.165) is 0 Å². The maximum atomic E-state index is 12.4. The predicted molar refractivity (Wildman–Crippen MR) is 93.8 cm³/mol. The molecule has 0 radical (unpaired) electrons. The molecule has 146 valence electrons. The first-order chi connectivity index (χ1) is 11.7. The molecule has 0 fully saturated rings. The van der Waals surface area contributed by atoms with Crippen LogP contribution in [0.3, 0.4) is 0 Å². The van der Waals surface area contributed by atoms with E-state index >= 15 is 0 Å². The van der Waals surface area contributed by atoms with Gasteiger partial charge in [-0.15, -0.1) is 0 Å². The van der Waals surface area contributed by atoms with Gasteiger partial charge < -0.3 is 14.2 Å². The lowest BCUT2D eigenvalue weighted by molar-refractivity contribution is 0.0232. The van der Waals surface area contributed by atoms with Gasteiger partial charge in [-0.1, -0.05) is 12.2 Å². The zero-order valence-electron chi connectivity index (χ0n) is 14.4. The van der Waals surface area contributed by atoms with Gasteiger partial charge in [0.2, 0.25) is 20.0 Å². The zero-order chi connectivity index (χ0) is 19.0. The summed E-state index contributed by atoms with van der Waals surface area (Å²) in [6, 6.07) is 0. The zero-order valence-corrected chi connectivity index (χ0v) is 16.1. The van der Waals surface area contributed by atoms with Gasteiger partial charge >= 0.3 is 0 Å². The number of primary sulfonamides is 1. The molecule has 0 aromatic carbocycles. The normalized spacial score (nSPS) is 21.3. The lowest BCUT2D eigenvalue weighted by Gasteiger charge is -2.31. The molecule has 3 N–H and O–H groups in total. The summed E-state index contributed by atoms with van der Waals surface area (Å²) < 4.78 is 64.1. The first kappa shape index (κ1) is 22.2. The molecule has 0 aromatic heterocycles. The van der Waals surface area contributed by atoms with Crippen LogP contribution in [0, 0.1) is 0 Å². The summed E-state index contributed by atoms with van der Waals surface area (Å²) in [4.78, 5) is -0.0955. The van der Waals surface area contributed by atoms with E-state index in [0.29, 0.717) is 26.4 Å². The van der Waals surface area contributed by atoms with Crippen LogP contribution in [-0.4, -0.2) is 68.8 Å². The average molecular weight is 399 g/mol.